The smallest absolute Gasteiger partial charge is 0.416 e. The Kier molecular flexibility index (Phi) is 5.47. The molecule has 0 aromatic heterocycles. The molecule has 1 aliphatic carbocycles. The zero-order valence-corrected chi connectivity index (χ0v) is 12.0. The van der Waals surface area contributed by atoms with E-state index in [-0.39, 0.29) is 24.4 Å². The predicted molar refractivity (Wildman–Crippen MR) is 75.4 cm³/mol. The summed E-state index contributed by atoms with van der Waals surface area (Å²) in [4.78, 5) is 0. The molecule has 122 valence electrons. The number of hydrogen-bond donors (Lipinski definition) is 2. The molecule has 2 N–H and O–H groups in total. The number of benzene rings is 1. The van der Waals surface area contributed by atoms with Crippen LogP contribution in [0.3, 0.4) is 0 Å². The van der Waals surface area contributed by atoms with E-state index in [9.17, 15) is 23.4 Å². The summed E-state index contributed by atoms with van der Waals surface area (Å²) in [5, 5.41) is 19.4. The molecule has 1 aromatic carbocycles. The summed E-state index contributed by atoms with van der Waals surface area (Å²) in [6.45, 7) is -0.138. The molecule has 2 rings (SSSR count). The highest BCUT2D eigenvalue weighted by Crippen LogP contribution is 2.31. The number of aliphatic hydroxyl groups is 2. The summed E-state index contributed by atoms with van der Waals surface area (Å²) in [5.41, 5.74) is -0.788. The van der Waals surface area contributed by atoms with Crippen molar-refractivity contribution in [3.63, 3.8) is 0 Å². The van der Waals surface area contributed by atoms with Crippen LogP contribution in [0.5, 0.6) is 5.75 Å². The molecule has 1 saturated carbocycles. The summed E-state index contributed by atoms with van der Waals surface area (Å²) in [6.07, 6.45) is 0.119. The Bertz CT molecular complexity index is 514. The van der Waals surface area contributed by atoms with Gasteiger partial charge in [0.25, 0.3) is 0 Å². The summed E-state index contributed by atoms with van der Waals surface area (Å²) >= 11 is 0. The minimum absolute atomic E-state index is 0.0307. The van der Waals surface area contributed by atoms with Crippen molar-refractivity contribution in [3.05, 3.63) is 42.0 Å². The van der Waals surface area contributed by atoms with Gasteiger partial charge in [0.1, 0.15) is 18.5 Å². The van der Waals surface area contributed by atoms with E-state index in [4.69, 9.17) is 4.74 Å². The lowest BCUT2D eigenvalue weighted by Crippen LogP contribution is -2.17. The minimum Gasteiger partial charge on any atom is -0.491 e. The van der Waals surface area contributed by atoms with Crippen LogP contribution in [-0.2, 0) is 6.18 Å². The average molecular weight is 316 g/mol. The van der Waals surface area contributed by atoms with Gasteiger partial charge in [0, 0.05) is 5.92 Å². The van der Waals surface area contributed by atoms with Crippen LogP contribution in [0, 0.1) is 5.92 Å². The van der Waals surface area contributed by atoms with Crippen molar-refractivity contribution >= 4 is 0 Å². The Morgan fingerprint density at radius 1 is 1.32 bits per heavy atom. The number of hydrogen-bond acceptors (Lipinski definition) is 3. The summed E-state index contributed by atoms with van der Waals surface area (Å²) in [6, 6.07) is 4.53. The van der Waals surface area contributed by atoms with Crippen molar-refractivity contribution in [1.29, 1.82) is 0 Å². The molecule has 0 aliphatic heterocycles. The van der Waals surface area contributed by atoms with Gasteiger partial charge in [0.2, 0.25) is 0 Å². The lowest BCUT2D eigenvalue weighted by molar-refractivity contribution is -0.137. The lowest BCUT2D eigenvalue weighted by atomic mass is 10.1. The first kappa shape index (κ1) is 16.8. The fraction of sp³-hybridized carbons (Fsp3) is 0.500. The van der Waals surface area contributed by atoms with E-state index in [1.807, 2.05) is 0 Å². The second-order valence-electron chi connectivity index (χ2n) is 5.45. The Morgan fingerprint density at radius 3 is 2.73 bits per heavy atom. The quantitative estimate of drug-likeness (QED) is 0.821. The molecule has 0 bridgehead atoms. The van der Waals surface area contributed by atoms with E-state index in [2.05, 4.69) is 0 Å². The van der Waals surface area contributed by atoms with Crippen molar-refractivity contribution in [3.8, 4) is 5.75 Å². The minimum atomic E-state index is -4.42. The van der Waals surface area contributed by atoms with Gasteiger partial charge in [-0.1, -0.05) is 24.6 Å². The lowest BCUT2D eigenvalue weighted by Gasteiger charge is -2.13. The number of aliphatic hydroxyl groups excluding tert-OH is 2. The molecule has 2 unspecified atom stereocenters. The van der Waals surface area contributed by atoms with Crippen LogP contribution in [0.4, 0.5) is 13.2 Å². The average Bonchev–Trinajstić information content (AvgIpc) is 2.88. The zero-order chi connectivity index (χ0) is 16.2. The Labute approximate surface area is 127 Å². The van der Waals surface area contributed by atoms with E-state index >= 15 is 0 Å². The number of ether oxygens (including phenoxy) is 1. The highest BCUT2D eigenvalue weighted by atomic mass is 19.4. The highest BCUT2D eigenvalue weighted by molar-refractivity contribution is 5.30. The van der Waals surface area contributed by atoms with Crippen LogP contribution in [0.15, 0.2) is 36.4 Å². The van der Waals surface area contributed by atoms with E-state index in [1.165, 1.54) is 18.2 Å². The van der Waals surface area contributed by atoms with Crippen LogP contribution in [0.2, 0.25) is 0 Å². The molecule has 0 radical (unpaired) electrons. The van der Waals surface area contributed by atoms with Crippen molar-refractivity contribution in [2.75, 3.05) is 6.61 Å². The maximum atomic E-state index is 12.6. The SMILES string of the molecule is OC(/C=C/C1CCC[C@H]1O)COc1cccc(C(F)(F)F)c1. The Hall–Kier alpha value is -1.53. The first-order valence-electron chi connectivity index (χ1n) is 7.21. The standard InChI is InChI=1S/C16H19F3O3/c17-16(18,19)12-4-2-5-14(9-12)22-10-13(20)8-7-11-3-1-6-15(11)21/h2,4-5,7-9,11,13,15,20-21H,1,3,6,10H2/b8-7+/t11?,13?,15-/m1/s1. The van der Waals surface area contributed by atoms with Crippen LogP contribution < -0.4 is 4.74 Å². The predicted octanol–water partition coefficient (Wildman–Crippen LogP) is 3.16. The van der Waals surface area contributed by atoms with Gasteiger partial charge >= 0.3 is 6.18 Å². The van der Waals surface area contributed by atoms with E-state index < -0.39 is 17.8 Å². The monoisotopic (exact) mass is 316 g/mol. The molecule has 3 atom stereocenters. The van der Waals surface area contributed by atoms with Crippen LogP contribution in [-0.4, -0.2) is 29.0 Å². The summed E-state index contributed by atoms with van der Waals surface area (Å²) < 4.78 is 42.9. The van der Waals surface area contributed by atoms with E-state index in [0.717, 1.165) is 31.4 Å². The molecule has 1 fully saturated rings. The van der Waals surface area contributed by atoms with Gasteiger partial charge in [-0.05, 0) is 31.0 Å². The first-order chi connectivity index (χ1) is 10.4. The molecule has 3 nitrogen and oxygen atoms in total. The number of rotatable bonds is 5. The normalized spacial score (nSPS) is 23.9. The maximum Gasteiger partial charge on any atom is 0.416 e. The highest BCUT2D eigenvalue weighted by Gasteiger charge is 2.30. The third kappa shape index (κ3) is 4.74. The summed E-state index contributed by atoms with van der Waals surface area (Å²) in [5.74, 6) is 0.0892. The van der Waals surface area contributed by atoms with Gasteiger partial charge in [-0.2, -0.15) is 13.2 Å². The van der Waals surface area contributed by atoms with E-state index in [0.29, 0.717) is 0 Å². The van der Waals surface area contributed by atoms with Crippen molar-refractivity contribution in [1.82, 2.24) is 0 Å². The molecular weight excluding hydrogens is 297 g/mol. The van der Waals surface area contributed by atoms with Crippen LogP contribution in [0.25, 0.3) is 0 Å². The van der Waals surface area contributed by atoms with Crippen molar-refractivity contribution in [2.24, 2.45) is 5.92 Å². The zero-order valence-electron chi connectivity index (χ0n) is 12.0. The maximum absolute atomic E-state index is 12.6. The Morgan fingerprint density at radius 2 is 2.09 bits per heavy atom. The summed E-state index contributed by atoms with van der Waals surface area (Å²) in [7, 11) is 0. The van der Waals surface area contributed by atoms with Gasteiger partial charge in [-0.3, -0.25) is 0 Å². The fourth-order valence-corrected chi connectivity index (χ4v) is 2.46. The van der Waals surface area contributed by atoms with Gasteiger partial charge in [-0.25, -0.2) is 0 Å². The second-order valence-corrected chi connectivity index (χ2v) is 5.45. The van der Waals surface area contributed by atoms with Crippen LogP contribution in [0.1, 0.15) is 24.8 Å². The number of halogens is 3. The molecule has 0 saturated heterocycles. The van der Waals surface area contributed by atoms with Gasteiger partial charge < -0.3 is 14.9 Å². The van der Waals surface area contributed by atoms with Crippen molar-refractivity contribution < 1.29 is 28.1 Å². The molecule has 6 heteroatoms. The third-order valence-electron chi connectivity index (χ3n) is 3.69. The van der Waals surface area contributed by atoms with Gasteiger partial charge in [0.05, 0.1) is 11.7 Å². The number of alkyl halides is 3. The first-order valence-corrected chi connectivity index (χ1v) is 7.21. The molecule has 0 spiro atoms. The Balaban J connectivity index is 1.86. The van der Waals surface area contributed by atoms with E-state index in [1.54, 1.807) is 6.08 Å². The molecule has 1 aliphatic rings. The van der Waals surface area contributed by atoms with Gasteiger partial charge in [0.15, 0.2) is 0 Å². The fourth-order valence-electron chi connectivity index (χ4n) is 2.46. The van der Waals surface area contributed by atoms with Crippen LogP contribution >= 0.6 is 0 Å². The molecule has 1 aromatic rings. The molecule has 0 amide bonds. The molecule has 22 heavy (non-hydrogen) atoms. The van der Waals surface area contributed by atoms with Gasteiger partial charge in [-0.15, -0.1) is 0 Å². The third-order valence-corrected chi connectivity index (χ3v) is 3.69. The largest absolute Gasteiger partial charge is 0.491 e. The molecule has 0 heterocycles. The topological polar surface area (TPSA) is 49.7 Å². The second kappa shape index (κ2) is 7.15. The molecular formula is C16H19F3O3. The van der Waals surface area contributed by atoms with Crippen molar-refractivity contribution in [2.45, 2.75) is 37.6 Å².